The Morgan fingerprint density at radius 1 is 0.930 bits per heavy atom. The predicted octanol–water partition coefficient (Wildman–Crippen LogP) is 10.5. The van der Waals surface area contributed by atoms with Crippen molar-refractivity contribution in [3.8, 4) is 11.3 Å². The fourth-order valence-electron chi connectivity index (χ4n) is 5.44. The van der Waals surface area contributed by atoms with Gasteiger partial charge in [0.1, 0.15) is 11.3 Å². The second kappa shape index (κ2) is 11.3. The summed E-state index contributed by atoms with van der Waals surface area (Å²) in [6.07, 6.45) is 1.33. The molecule has 1 aliphatic carbocycles. The number of nitrogens with zero attached hydrogens (tertiary/aromatic N) is 1. The molecule has 0 bridgehead atoms. The van der Waals surface area contributed by atoms with Crippen molar-refractivity contribution < 1.29 is 34.4 Å². The monoisotopic (exact) mass is 753 g/mol. The van der Waals surface area contributed by atoms with E-state index in [4.69, 9.17) is 9.40 Å². The fraction of sp³-hybridized carbons (Fsp3) is 0.368. The molecule has 0 unspecified atom stereocenters. The van der Waals surface area contributed by atoms with Crippen molar-refractivity contribution in [1.29, 1.82) is 0 Å². The number of aliphatic hydroxyl groups is 1. The third kappa shape index (κ3) is 5.95. The SMILES string of the molecule is CC(C)(C)C(=O)/C=C(\O)C(C)(C)C.CC(C)c1ccc2nc3c(cc2c1)C(C)(C)c1cccc2oc4cc[c-]c-3c4c12.[Ir]. The molecular formula is C38H42IrNO3-. The van der Waals surface area contributed by atoms with Crippen LogP contribution in [0.1, 0.15) is 91.8 Å². The van der Waals surface area contributed by atoms with E-state index < -0.39 is 5.41 Å². The fourth-order valence-corrected chi connectivity index (χ4v) is 5.44. The minimum atomic E-state index is -0.417. The van der Waals surface area contributed by atoms with Crippen LogP contribution in [0.3, 0.4) is 0 Å². The molecular weight excluding hydrogens is 711 g/mol. The topological polar surface area (TPSA) is 63.3 Å². The normalized spacial score (nSPS) is 14.3. The minimum absolute atomic E-state index is 0. The van der Waals surface area contributed by atoms with Gasteiger partial charge in [-0.2, -0.15) is 0 Å². The Morgan fingerprint density at radius 3 is 2.23 bits per heavy atom. The Bertz CT molecular complexity index is 1880. The first-order valence-electron chi connectivity index (χ1n) is 14.8. The van der Waals surface area contributed by atoms with E-state index in [-0.39, 0.29) is 42.5 Å². The summed E-state index contributed by atoms with van der Waals surface area (Å²) in [5.74, 6) is 0.598. The zero-order chi connectivity index (χ0) is 30.8. The van der Waals surface area contributed by atoms with Crippen molar-refractivity contribution in [2.45, 2.75) is 80.6 Å². The number of hydrogen-bond acceptors (Lipinski definition) is 4. The largest absolute Gasteiger partial charge is 0.512 e. The van der Waals surface area contributed by atoms with Gasteiger partial charge in [-0.1, -0.05) is 111 Å². The van der Waals surface area contributed by atoms with Crippen LogP contribution in [-0.4, -0.2) is 15.9 Å². The van der Waals surface area contributed by atoms with Crippen molar-refractivity contribution in [2.24, 2.45) is 10.8 Å². The Hall–Kier alpha value is -3.27. The van der Waals surface area contributed by atoms with E-state index in [9.17, 15) is 9.90 Å². The Labute approximate surface area is 268 Å². The molecule has 0 atom stereocenters. The van der Waals surface area contributed by atoms with Crippen LogP contribution in [0.4, 0.5) is 0 Å². The van der Waals surface area contributed by atoms with Crippen molar-refractivity contribution in [1.82, 2.24) is 4.98 Å². The van der Waals surface area contributed by atoms with Crippen molar-refractivity contribution >= 4 is 38.6 Å². The summed E-state index contributed by atoms with van der Waals surface area (Å²) >= 11 is 0. The molecule has 1 aliphatic rings. The van der Waals surface area contributed by atoms with Crippen LogP contribution in [0, 0.1) is 16.9 Å². The summed E-state index contributed by atoms with van der Waals surface area (Å²) in [4.78, 5) is 16.7. The summed E-state index contributed by atoms with van der Waals surface area (Å²) in [7, 11) is 0. The molecule has 0 amide bonds. The molecule has 227 valence electrons. The quantitative estimate of drug-likeness (QED) is 0.111. The zero-order valence-electron chi connectivity index (χ0n) is 26.9. The average molecular weight is 753 g/mol. The summed E-state index contributed by atoms with van der Waals surface area (Å²) in [5, 5.41) is 13.1. The molecule has 5 heteroatoms. The maximum Gasteiger partial charge on any atom is 0.164 e. The van der Waals surface area contributed by atoms with Crippen LogP contribution in [0.2, 0.25) is 0 Å². The third-order valence-electron chi connectivity index (χ3n) is 8.32. The second-order valence-corrected chi connectivity index (χ2v) is 14.4. The molecule has 43 heavy (non-hydrogen) atoms. The van der Waals surface area contributed by atoms with Crippen LogP contribution in [0.5, 0.6) is 0 Å². The van der Waals surface area contributed by atoms with Gasteiger partial charge in [0.15, 0.2) is 5.78 Å². The van der Waals surface area contributed by atoms with Crippen LogP contribution in [0.25, 0.3) is 44.1 Å². The number of rotatable bonds is 2. The van der Waals surface area contributed by atoms with Gasteiger partial charge in [0.05, 0.1) is 11.1 Å². The smallest absolute Gasteiger partial charge is 0.164 e. The first-order valence-corrected chi connectivity index (χ1v) is 14.8. The number of aromatic nitrogens is 1. The molecule has 2 heterocycles. The average Bonchev–Trinajstić information content (AvgIpc) is 3.26. The number of furan rings is 1. The standard InChI is InChI=1S/C27H22NO.C11H20O2.Ir/c1-15(2)16-11-12-21-17(13-16)14-20-26(28-21)18-7-5-9-22-24(18)25-19(27(20,3)4)8-6-10-23(25)29-22;1-10(2,3)8(12)7-9(13)11(4,5)6;/h5-6,8-15H,1-4H3;7,12H,1-6H3;/q-1;;/b;8-7-;. The van der Waals surface area contributed by atoms with Gasteiger partial charge >= 0.3 is 0 Å². The van der Waals surface area contributed by atoms with Gasteiger partial charge in [0.2, 0.25) is 0 Å². The summed E-state index contributed by atoms with van der Waals surface area (Å²) in [6.45, 7) is 20.2. The first-order chi connectivity index (χ1) is 19.5. The second-order valence-electron chi connectivity index (χ2n) is 14.4. The number of carbonyl (C=O) groups excluding carboxylic acids is 1. The molecule has 5 aromatic rings. The Kier molecular flexibility index (Phi) is 8.61. The number of benzene rings is 3. The van der Waals surface area contributed by atoms with E-state index >= 15 is 0 Å². The molecule has 0 saturated heterocycles. The molecule has 4 nitrogen and oxygen atoms in total. The van der Waals surface area contributed by atoms with Gasteiger partial charge in [-0.05, 0) is 51.7 Å². The van der Waals surface area contributed by atoms with Gasteiger partial charge in [0, 0.05) is 42.4 Å². The van der Waals surface area contributed by atoms with Gasteiger partial charge in [-0.25, -0.2) is 0 Å². The molecule has 1 radical (unpaired) electrons. The van der Waals surface area contributed by atoms with Crippen LogP contribution in [-0.2, 0) is 30.3 Å². The third-order valence-corrected chi connectivity index (χ3v) is 8.32. The van der Waals surface area contributed by atoms with Crippen molar-refractivity contribution in [2.75, 3.05) is 0 Å². The molecule has 2 aromatic heterocycles. The molecule has 1 N–H and O–H groups in total. The van der Waals surface area contributed by atoms with Gasteiger partial charge in [0.25, 0.3) is 0 Å². The number of carbonyl (C=O) groups is 1. The Morgan fingerprint density at radius 2 is 1.60 bits per heavy atom. The number of fused-ring (bicyclic) bond motifs is 3. The van der Waals surface area contributed by atoms with E-state index in [0.29, 0.717) is 5.92 Å². The van der Waals surface area contributed by atoms with Crippen molar-refractivity contribution in [3.63, 3.8) is 0 Å². The van der Waals surface area contributed by atoms with E-state index in [1.54, 1.807) is 0 Å². The first kappa shape index (κ1) is 32.6. The molecule has 0 spiro atoms. The van der Waals surface area contributed by atoms with Crippen molar-refractivity contribution in [3.05, 3.63) is 89.2 Å². The molecule has 0 aliphatic heterocycles. The number of allylic oxidation sites excluding steroid dienone is 2. The summed E-state index contributed by atoms with van der Waals surface area (Å²) in [5.41, 5.74) is 7.85. The van der Waals surface area contributed by atoms with Crippen LogP contribution >= 0.6 is 0 Å². The number of pyridine rings is 1. The van der Waals surface area contributed by atoms with Crippen LogP contribution in [0.15, 0.2) is 70.8 Å². The van der Waals surface area contributed by atoms with E-state index in [1.807, 2.05) is 53.7 Å². The molecule has 0 saturated carbocycles. The zero-order valence-corrected chi connectivity index (χ0v) is 29.3. The molecule has 0 fully saturated rings. The summed E-state index contributed by atoms with van der Waals surface area (Å²) in [6, 6.07) is 22.8. The summed E-state index contributed by atoms with van der Waals surface area (Å²) < 4.78 is 6.20. The van der Waals surface area contributed by atoms with Gasteiger partial charge in [-0.3, -0.25) is 9.78 Å². The maximum absolute atomic E-state index is 11.5. The number of hydrogen-bond donors (Lipinski definition) is 1. The molecule has 3 aromatic carbocycles. The predicted molar refractivity (Wildman–Crippen MR) is 174 cm³/mol. The van der Waals surface area contributed by atoms with E-state index in [0.717, 1.165) is 33.3 Å². The molecule has 6 rings (SSSR count). The van der Waals surface area contributed by atoms with Gasteiger partial charge < -0.3 is 9.52 Å². The number of ketones is 1. The van der Waals surface area contributed by atoms with E-state index in [1.165, 1.54) is 33.5 Å². The van der Waals surface area contributed by atoms with E-state index in [2.05, 4.69) is 76.2 Å². The van der Waals surface area contributed by atoms with Gasteiger partial charge in [-0.15, -0.1) is 17.7 Å². The Balaban J connectivity index is 0.000000260. The minimum Gasteiger partial charge on any atom is -0.512 e. The maximum atomic E-state index is 11.5. The van der Waals surface area contributed by atoms with Crippen LogP contribution < -0.4 is 0 Å². The number of aliphatic hydroxyl groups excluding tert-OH is 1.